The molecule has 174 valence electrons. The SMILES string of the molecule is CCOc1ccc(-c2cc(C(=O)N(Cc3ccc(CC)cc3)[C@H]3CCS(=O)(=O)C3)no2)cc1. The molecule has 4 rings (SSSR count). The first-order valence-electron chi connectivity index (χ1n) is 11.2. The van der Waals surface area contributed by atoms with Gasteiger partial charge in [0.2, 0.25) is 0 Å². The third-order valence-corrected chi connectivity index (χ3v) is 7.62. The fourth-order valence-electron chi connectivity index (χ4n) is 4.01. The summed E-state index contributed by atoms with van der Waals surface area (Å²) in [5.41, 5.74) is 3.08. The van der Waals surface area contributed by atoms with E-state index in [9.17, 15) is 13.2 Å². The molecule has 1 atom stereocenters. The second-order valence-corrected chi connectivity index (χ2v) is 10.4. The quantitative estimate of drug-likeness (QED) is 0.494. The van der Waals surface area contributed by atoms with E-state index in [1.54, 1.807) is 11.0 Å². The highest BCUT2D eigenvalue weighted by Gasteiger charge is 2.36. The Morgan fingerprint density at radius 1 is 1.09 bits per heavy atom. The predicted molar refractivity (Wildman–Crippen MR) is 126 cm³/mol. The summed E-state index contributed by atoms with van der Waals surface area (Å²) in [6.07, 6.45) is 1.35. The monoisotopic (exact) mass is 468 g/mol. The van der Waals surface area contributed by atoms with Crippen molar-refractivity contribution >= 4 is 15.7 Å². The number of ether oxygens (including phenoxy) is 1. The molecule has 0 aliphatic carbocycles. The van der Waals surface area contributed by atoms with Crippen LogP contribution in [0.15, 0.2) is 59.1 Å². The molecule has 3 aromatic rings. The van der Waals surface area contributed by atoms with E-state index in [1.165, 1.54) is 5.56 Å². The van der Waals surface area contributed by atoms with Crippen LogP contribution in [-0.4, -0.2) is 48.5 Å². The summed E-state index contributed by atoms with van der Waals surface area (Å²) in [7, 11) is -3.16. The Hall–Kier alpha value is -3.13. The Bertz CT molecular complexity index is 1200. The molecule has 1 aliphatic rings. The predicted octanol–water partition coefficient (Wildman–Crippen LogP) is 4.13. The van der Waals surface area contributed by atoms with Gasteiger partial charge in [0.15, 0.2) is 21.3 Å². The van der Waals surface area contributed by atoms with Gasteiger partial charge in [-0.1, -0.05) is 36.3 Å². The summed E-state index contributed by atoms with van der Waals surface area (Å²) in [6, 6.07) is 16.6. The molecule has 7 nitrogen and oxygen atoms in total. The third-order valence-electron chi connectivity index (χ3n) is 5.87. The van der Waals surface area contributed by atoms with Crippen molar-refractivity contribution in [2.45, 2.75) is 39.3 Å². The number of nitrogens with zero attached hydrogens (tertiary/aromatic N) is 2. The van der Waals surface area contributed by atoms with Crippen LogP contribution in [0.1, 0.15) is 41.9 Å². The van der Waals surface area contributed by atoms with E-state index in [-0.39, 0.29) is 29.1 Å². The largest absolute Gasteiger partial charge is 0.494 e. The zero-order valence-corrected chi connectivity index (χ0v) is 19.7. The van der Waals surface area contributed by atoms with Gasteiger partial charge < -0.3 is 14.2 Å². The summed E-state index contributed by atoms with van der Waals surface area (Å²) < 4.78 is 35.2. The van der Waals surface area contributed by atoms with Crippen LogP contribution in [0.5, 0.6) is 5.75 Å². The van der Waals surface area contributed by atoms with Crippen molar-refractivity contribution in [2.24, 2.45) is 0 Å². The van der Waals surface area contributed by atoms with Crippen LogP contribution in [0.2, 0.25) is 0 Å². The number of aromatic nitrogens is 1. The molecule has 0 saturated carbocycles. The molecular weight excluding hydrogens is 440 g/mol. The molecule has 0 radical (unpaired) electrons. The van der Waals surface area contributed by atoms with Crippen molar-refractivity contribution in [3.05, 3.63) is 71.4 Å². The van der Waals surface area contributed by atoms with Gasteiger partial charge in [-0.25, -0.2) is 8.42 Å². The summed E-state index contributed by atoms with van der Waals surface area (Å²) in [4.78, 5) is 15.1. The Kier molecular flexibility index (Phi) is 6.83. The van der Waals surface area contributed by atoms with E-state index < -0.39 is 9.84 Å². The van der Waals surface area contributed by atoms with Crippen molar-refractivity contribution < 1.29 is 22.5 Å². The molecule has 33 heavy (non-hydrogen) atoms. The fraction of sp³-hybridized carbons (Fsp3) is 0.360. The maximum absolute atomic E-state index is 13.4. The second-order valence-electron chi connectivity index (χ2n) is 8.19. The van der Waals surface area contributed by atoms with Gasteiger partial charge in [-0.05, 0) is 55.2 Å². The number of rotatable bonds is 8. The van der Waals surface area contributed by atoms with E-state index in [1.807, 2.05) is 55.5 Å². The third kappa shape index (κ3) is 5.45. The van der Waals surface area contributed by atoms with Gasteiger partial charge in [-0.3, -0.25) is 4.79 Å². The van der Waals surface area contributed by atoms with Crippen molar-refractivity contribution in [2.75, 3.05) is 18.1 Å². The van der Waals surface area contributed by atoms with E-state index in [4.69, 9.17) is 9.26 Å². The normalized spacial score (nSPS) is 17.1. The van der Waals surface area contributed by atoms with Crippen LogP contribution in [0.25, 0.3) is 11.3 Å². The number of carbonyl (C=O) groups is 1. The van der Waals surface area contributed by atoms with E-state index in [2.05, 4.69) is 12.1 Å². The average Bonchev–Trinajstić information content (AvgIpc) is 3.45. The lowest BCUT2D eigenvalue weighted by atomic mass is 10.1. The molecule has 1 fully saturated rings. The number of amides is 1. The number of aryl methyl sites for hydroxylation is 1. The standard InChI is InChI=1S/C25H28N2O5S/c1-3-18-5-7-19(8-6-18)16-27(21-13-14-33(29,30)17-21)25(28)23-15-24(32-26-23)20-9-11-22(12-10-20)31-4-2/h5-12,15,21H,3-4,13-14,16-17H2,1-2H3/t21-/m0/s1. The second kappa shape index (κ2) is 9.79. The minimum absolute atomic E-state index is 0.0324. The van der Waals surface area contributed by atoms with E-state index in [0.717, 1.165) is 23.3 Å². The average molecular weight is 469 g/mol. The first kappa shape index (κ1) is 23.0. The Balaban J connectivity index is 1.58. The first-order chi connectivity index (χ1) is 15.9. The van der Waals surface area contributed by atoms with Gasteiger partial charge >= 0.3 is 0 Å². The van der Waals surface area contributed by atoms with Gasteiger partial charge in [0, 0.05) is 24.2 Å². The molecular formula is C25H28N2O5S. The summed E-state index contributed by atoms with van der Waals surface area (Å²) in [5.74, 6) is 0.937. The van der Waals surface area contributed by atoms with Crippen LogP contribution in [0, 0.1) is 0 Å². The van der Waals surface area contributed by atoms with Crippen LogP contribution in [0.3, 0.4) is 0 Å². The molecule has 1 saturated heterocycles. The lowest BCUT2D eigenvalue weighted by Gasteiger charge is -2.27. The molecule has 0 spiro atoms. The Morgan fingerprint density at radius 2 is 1.79 bits per heavy atom. The zero-order chi connectivity index (χ0) is 23.4. The highest BCUT2D eigenvalue weighted by atomic mass is 32.2. The van der Waals surface area contributed by atoms with Crippen molar-refractivity contribution in [1.82, 2.24) is 10.1 Å². The Labute approximate surface area is 194 Å². The zero-order valence-electron chi connectivity index (χ0n) is 18.9. The number of benzene rings is 2. The van der Waals surface area contributed by atoms with Gasteiger partial charge in [-0.2, -0.15) is 0 Å². The molecule has 1 aromatic heterocycles. The topological polar surface area (TPSA) is 89.7 Å². The first-order valence-corrected chi connectivity index (χ1v) is 13.0. The maximum Gasteiger partial charge on any atom is 0.276 e. The fourth-order valence-corrected chi connectivity index (χ4v) is 5.74. The number of hydrogen-bond donors (Lipinski definition) is 0. The highest BCUT2D eigenvalue weighted by molar-refractivity contribution is 7.91. The lowest BCUT2D eigenvalue weighted by Crippen LogP contribution is -2.40. The molecule has 0 N–H and O–H groups in total. The van der Waals surface area contributed by atoms with Crippen molar-refractivity contribution in [1.29, 1.82) is 0 Å². The van der Waals surface area contributed by atoms with Crippen molar-refractivity contribution in [3.8, 4) is 17.1 Å². The van der Waals surface area contributed by atoms with Crippen LogP contribution in [-0.2, 0) is 22.8 Å². The number of carbonyl (C=O) groups excluding carboxylic acids is 1. The lowest BCUT2D eigenvalue weighted by molar-refractivity contribution is 0.0670. The van der Waals surface area contributed by atoms with Gasteiger partial charge in [-0.15, -0.1) is 0 Å². The van der Waals surface area contributed by atoms with Crippen LogP contribution < -0.4 is 4.74 Å². The van der Waals surface area contributed by atoms with Gasteiger partial charge in [0.25, 0.3) is 5.91 Å². The molecule has 2 heterocycles. The molecule has 0 unspecified atom stereocenters. The molecule has 8 heteroatoms. The van der Waals surface area contributed by atoms with Crippen LogP contribution >= 0.6 is 0 Å². The Morgan fingerprint density at radius 3 is 2.39 bits per heavy atom. The van der Waals surface area contributed by atoms with Crippen LogP contribution in [0.4, 0.5) is 0 Å². The van der Waals surface area contributed by atoms with E-state index in [0.29, 0.717) is 25.3 Å². The maximum atomic E-state index is 13.4. The summed E-state index contributed by atoms with van der Waals surface area (Å²) >= 11 is 0. The highest BCUT2D eigenvalue weighted by Crippen LogP contribution is 2.26. The minimum atomic E-state index is -3.16. The molecule has 1 aliphatic heterocycles. The molecule has 0 bridgehead atoms. The molecule has 2 aromatic carbocycles. The number of hydrogen-bond acceptors (Lipinski definition) is 6. The smallest absolute Gasteiger partial charge is 0.276 e. The van der Waals surface area contributed by atoms with Crippen molar-refractivity contribution in [3.63, 3.8) is 0 Å². The van der Waals surface area contributed by atoms with Gasteiger partial charge in [0.1, 0.15) is 5.75 Å². The van der Waals surface area contributed by atoms with E-state index >= 15 is 0 Å². The minimum Gasteiger partial charge on any atom is -0.494 e. The number of sulfone groups is 1. The molecule has 1 amide bonds. The summed E-state index contributed by atoms with van der Waals surface area (Å²) in [5, 5.41) is 4.00. The summed E-state index contributed by atoms with van der Waals surface area (Å²) in [6.45, 7) is 4.89. The van der Waals surface area contributed by atoms with Gasteiger partial charge in [0.05, 0.1) is 18.1 Å².